The predicted molar refractivity (Wildman–Crippen MR) is 87.8 cm³/mol. The Bertz CT molecular complexity index is 615. The number of halogens is 1. The van der Waals surface area contributed by atoms with Gasteiger partial charge in [0, 0.05) is 0 Å². The smallest absolute Gasteiger partial charge is 0.144 e. The highest BCUT2D eigenvalue weighted by atomic mass is 19.1. The molecule has 3 rings (SSSR count). The van der Waals surface area contributed by atoms with Gasteiger partial charge in [-0.1, -0.05) is 37.5 Å². The maximum atomic E-state index is 14.2. The Morgan fingerprint density at radius 1 is 1.18 bits per heavy atom. The van der Waals surface area contributed by atoms with Crippen LogP contribution in [0.1, 0.15) is 68.6 Å². The molecule has 0 aromatic heterocycles. The van der Waals surface area contributed by atoms with E-state index in [1.165, 1.54) is 44.1 Å². The van der Waals surface area contributed by atoms with Crippen LogP contribution in [0.2, 0.25) is 0 Å². The van der Waals surface area contributed by atoms with E-state index >= 15 is 0 Å². The number of nitriles is 1. The molecule has 0 saturated heterocycles. The summed E-state index contributed by atoms with van der Waals surface area (Å²) in [6.45, 7) is 2.27. The van der Waals surface area contributed by atoms with E-state index in [4.69, 9.17) is 5.26 Å². The third-order valence-corrected chi connectivity index (χ3v) is 5.47. The summed E-state index contributed by atoms with van der Waals surface area (Å²) < 4.78 is 14.2. The highest BCUT2D eigenvalue weighted by Gasteiger charge is 2.26. The van der Waals surface area contributed by atoms with E-state index in [0.717, 1.165) is 29.9 Å². The van der Waals surface area contributed by atoms with Crippen LogP contribution in [0.5, 0.6) is 0 Å². The zero-order valence-electron chi connectivity index (χ0n) is 13.4. The Morgan fingerprint density at radius 3 is 2.64 bits per heavy atom. The van der Waals surface area contributed by atoms with Crippen molar-refractivity contribution in [2.24, 2.45) is 11.8 Å². The lowest BCUT2D eigenvalue weighted by atomic mass is 9.74. The number of hydrogen-bond acceptors (Lipinski definition) is 1. The topological polar surface area (TPSA) is 23.8 Å². The van der Waals surface area contributed by atoms with Gasteiger partial charge in [0.25, 0.3) is 0 Å². The van der Waals surface area contributed by atoms with Crippen molar-refractivity contribution in [1.82, 2.24) is 0 Å². The van der Waals surface area contributed by atoms with Crippen molar-refractivity contribution >= 4 is 6.08 Å². The van der Waals surface area contributed by atoms with Crippen molar-refractivity contribution in [3.63, 3.8) is 0 Å². The maximum Gasteiger partial charge on any atom is 0.144 e. The van der Waals surface area contributed by atoms with Crippen molar-refractivity contribution < 1.29 is 4.39 Å². The number of allylic oxidation sites excluding steroid dienone is 1. The van der Waals surface area contributed by atoms with Crippen LogP contribution in [-0.2, 0) is 6.42 Å². The molecule has 2 aliphatic carbocycles. The highest BCUT2D eigenvalue weighted by Crippen LogP contribution is 2.39. The molecule has 1 aromatic carbocycles. The largest absolute Gasteiger partial charge is 0.205 e. The number of fused-ring (bicyclic) bond motifs is 1. The molecule has 0 heterocycles. The van der Waals surface area contributed by atoms with E-state index in [1.807, 2.05) is 12.1 Å². The Kier molecular flexibility index (Phi) is 4.62. The van der Waals surface area contributed by atoms with Gasteiger partial charge >= 0.3 is 0 Å². The lowest BCUT2D eigenvalue weighted by molar-refractivity contribution is 0.283. The van der Waals surface area contributed by atoms with Crippen molar-refractivity contribution in [2.75, 3.05) is 0 Å². The molecule has 1 saturated carbocycles. The predicted octanol–water partition coefficient (Wildman–Crippen LogP) is 5.63. The van der Waals surface area contributed by atoms with E-state index in [-0.39, 0.29) is 11.4 Å². The van der Waals surface area contributed by atoms with Crippen LogP contribution in [0, 0.1) is 29.0 Å². The minimum absolute atomic E-state index is 0.177. The highest BCUT2D eigenvalue weighted by molar-refractivity contribution is 5.62. The SMILES string of the molecule is CCCC1CCC(C2=Cc3ccc(C#N)c(F)c3CC2)CC1. The summed E-state index contributed by atoms with van der Waals surface area (Å²) in [5.41, 5.74) is 3.41. The molecule has 0 amide bonds. The minimum Gasteiger partial charge on any atom is -0.205 e. The second-order valence-corrected chi connectivity index (χ2v) is 6.83. The summed E-state index contributed by atoms with van der Waals surface area (Å²) in [6, 6.07) is 5.47. The van der Waals surface area contributed by atoms with Gasteiger partial charge in [-0.15, -0.1) is 0 Å². The first-order chi connectivity index (χ1) is 10.7. The first-order valence-corrected chi connectivity index (χ1v) is 8.64. The Hall–Kier alpha value is -1.62. The normalized spacial score (nSPS) is 24.3. The zero-order chi connectivity index (χ0) is 15.5. The van der Waals surface area contributed by atoms with Gasteiger partial charge in [0.2, 0.25) is 0 Å². The molecule has 1 fully saturated rings. The van der Waals surface area contributed by atoms with Crippen LogP contribution in [0.15, 0.2) is 17.7 Å². The molecular weight excluding hydrogens is 273 g/mol. The van der Waals surface area contributed by atoms with Gasteiger partial charge in [0.05, 0.1) is 5.56 Å². The van der Waals surface area contributed by atoms with E-state index < -0.39 is 0 Å². The van der Waals surface area contributed by atoms with Crippen LogP contribution in [0.25, 0.3) is 6.08 Å². The molecule has 0 unspecified atom stereocenters. The van der Waals surface area contributed by atoms with E-state index in [1.54, 1.807) is 6.07 Å². The Labute approximate surface area is 132 Å². The number of hydrogen-bond donors (Lipinski definition) is 0. The second-order valence-electron chi connectivity index (χ2n) is 6.83. The average molecular weight is 297 g/mol. The molecule has 116 valence electrons. The lowest BCUT2D eigenvalue weighted by Gasteiger charge is -2.31. The minimum atomic E-state index is -0.304. The molecule has 0 atom stereocenters. The van der Waals surface area contributed by atoms with Gasteiger partial charge in [-0.2, -0.15) is 5.26 Å². The molecule has 1 nitrogen and oxygen atoms in total. The maximum absolute atomic E-state index is 14.2. The van der Waals surface area contributed by atoms with Gasteiger partial charge in [-0.3, -0.25) is 0 Å². The van der Waals surface area contributed by atoms with E-state index in [0.29, 0.717) is 5.92 Å². The molecule has 2 aliphatic rings. The number of nitrogens with zero attached hydrogens (tertiary/aromatic N) is 1. The first kappa shape index (κ1) is 15.3. The molecule has 1 aromatic rings. The third kappa shape index (κ3) is 2.95. The second kappa shape index (κ2) is 6.65. The quantitative estimate of drug-likeness (QED) is 0.709. The lowest BCUT2D eigenvalue weighted by Crippen LogP contribution is -2.18. The molecule has 0 aliphatic heterocycles. The standard InChI is InChI=1S/C20H24FN/c1-2-3-14-4-6-15(7-5-14)16-10-11-19-17(12-16)8-9-18(13-22)20(19)21/h8-9,12,14-15H,2-7,10-11H2,1H3. The molecule has 0 bridgehead atoms. The van der Waals surface area contributed by atoms with Gasteiger partial charge in [0.15, 0.2) is 0 Å². The van der Waals surface area contributed by atoms with Gasteiger partial charge in [0.1, 0.15) is 11.9 Å². The van der Waals surface area contributed by atoms with Gasteiger partial charge < -0.3 is 0 Å². The zero-order valence-corrected chi connectivity index (χ0v) is 13.4. The van der Waals surface area contributed by atoms with Crippen LogP contribution in [-0.4, -0.2) is 0 Å². The summed E-state index contributed by atoms with van der Waals surface area (Å²) in [5, 5.41) is 8.94. The van der Waals surface area contributed by atoms with Crippen molar-refractivity contribution in [1.29, 1.82) is 5.26 Å². The Morgan fingerprint density at radius 2 is 1.95 bits per heavy atom. The number of rotatable bonds is 3. The monoisotopic (exact) mass is 297 g/mol. The molecule has 2 heteroatoms. The van der Waals surface area contributed by atoms with Crippen LogP contribution < -0.4 is 0 Å². The fraction of sp³-hybridized carbons (Fsp3) is 0.550. The average Bonchev–Trinajstić information content (AvgIpc) is 2.56. The molecule has 22 heavy (non-hydrogen) atoms. The fourth-order valence-corrected chi connectivity index (χ4v) is 4.21. The summed E-state index contributed by atoms with van der Waals surface area (Å²) in [4.78, 5) is 0. The first-order valence-electron chi connectivity index (χ1n) is 8.64. The van der Waals surface area contributed by atoms with Crippen LogP contribution in [0.4, 0.5) is 4.39 Å². The summed E-state index contributed by atoms with van der Waals surface area (Å²) in [5.74, 6) is 1.32. The van der Waals surface area contributed by atoms with Crippen molar-refractivity contribution in [2.45, 2.75) is 58.3 Å². The summed E-state index contributed by atoms with van der Waals surface area (Å²) >= 11 is 0. The summed E-state index contributed by atoms with van der Waals surface area (Å²) in [7, 11) is 0. The van der Waals surface area contributed by atoms with E-state index in [9.17, 15) is 4.39 Å². The Balaban J connectivity index is 1.75. The van der Waals surface area contributed by atoms with Crippen LogP contribution in [0.3, 0.4) is 0 Å². The van der Waals surface area contributed by atoms with Gasteiger partial charge in [-0.05, 0) is 67.6 Å². The van der Waals surface area contributed by atoms with Gasteiger partial charge in [-0.25, -0.2) is 4.39 Å². The van der Waals surface area contributed by atoms with Crippen molar-refractivity contribution in [3.8, 4) is 6.07 Å². The van der Waals surface area contributed by atoms with Crippen LogP contribution >= 0.6 is 0 Å². The molecule has 0 radical (unpaired) electrons. The summed E-state index contributed by atoms with van der Waals surface area (Å²) in [6.07, 6.45) is 11.9. The molecule has 0 N–H and O–H groups in total. The van der Waals surface area contributed by atoms with E-state index in [2.05, 4.69) is 13.0 Å². The molecular formula is C20H24FN. The third-order valence-electron chi connectivity index (χ3n) is 5.47. The molecule has 0 spiro atoms. The number of benzene rings is 1. The van der Waals surface area contributed by atoms with Crippen molar-refractivity contribution in [3.05, 3.63) is 40.2 Å². The fourth-order valence-electron chi connectivity index (χ4n) is 4.21.